The minimum absolute atomic E-state index is 0.106. The van der Waals surface area contributed by atoms with Gasteiger partial charge in [0.25, 0.3) is 0 Å². The second-order valence-electron chi connectivity index (χ2n) is 9.35. The Bertz CT molecular complexity index is 1170. The minimum atomic E-state index is -0.833. The highest BCUT2D eigenvalue weighted by molar-refractivity contribution is 7.98. The molecular weight excluding hydrogens is 450 g/mol. The summed E-state index contributed by atoms with van der Waals surface area (Å²) in [6.07, 6.45) is -0.833. The molecule has 2 aromatic carbocycles. The molecule has 0 saturated heterocycles. The third kappa shape index (κ3) is 4.85. The standard InChI is InChI=1S/C27H29NO5S/c1-16-24(33-26(30)31-5)22(23-20(28-16)14-32-25(23)29)19-8-6-7-9-21(19)34-15-17-10-12-18(13-11-17)27(2,3)4/h6-13,22,28H,14-15H2,1-5H3. The number of carbonyl (C=O) groups is 2. The van der Waals surface area contributed by atoms with Crippen LogP contribution in [0, 0.1) is 0 Å². The summed E-state index contributed by atoms with van der Waals surface area (Å²) in [7, 11) is 1.26. The molecule has 6 nitrogen and oxygen atoms in total. The maximum atomic E-state index is 12.7. The molecule has 178 valence electrons. The number of carbonyl (C=O) groups excluding carboxylic acids is 2. The number of rotatable bonds is 5. The van der Waals surface area contributed by atoms with E-state index >= 15 is 0 Å². The van der Waals surface area contributed by atoms with Crippen LogP contribution in [-0.4, -0.2) is 25.8 Å². The number of ether oxygens (including phenoxy) is 3. The van der Waals surface area contributed by atoms with E-state index in [9.17, 15) is 9.59 Å². The van der Waals surface area contributed by atoms with Gasteiger partial charge in [0.15, 0.2) is 0 Å². The van der Waals surface area contributed by atoms with Crippen molar-refractivity contribution in [3.8, 4) is 0 Å². The van der Waals surface area contributed by atoms with Crippen molar-refractivity contribution in [1.82, 2.24) is 5.32 Å². The maximum absolute atomic E-state index is 12.7. The largest absolute Gasteiger partial charge is 0.513 e. The van der Waals surface area contributed by atoms with Gasteiger partial charge in [-0.25, -0.2) is 9.59 Å². The van der Waals surface area contributed by atoms with Gasteiger partial charge in [-0.2, -0.15) is 0 Å². The predicted octanol–water partition coefficient (Wildman–Crippen LogP) is 5.79. The topological polar surface area (TPSA) is 73.9 Å². The fourth-order valence-electron chi connectivity index (χ4n) is 4.12. The van der Waals surface area contributed by atoms with Crippen molar-refractivity contribution in [1.29, 1.82) is 0 Å². The molecule has 2 aromatic rings. The number of allylic oxidation sites excluding steroid dienone is 2. The van der Waals surface area contributed by atoms with E-state index in [0.29, 0.717) is 22.7 Å². The highest BCUT2D eigenvalue weighted by Crippen LogP contribution is 2.44. The van der Waals surface area contributed by atoms with Crippen molar-refractivity contribution < 1.29 is 23.8 Å². The van der Waals surface area contributed by atoms with Gasteiger partial charge in [-0.05, 0) is 35.1 Å². The van der Waals surface area contributed by atoms with Crippen molar-refractivity contribution in [3.63, 3.8) is 0 Å². The van der Waals surface area contributed by atoms with E-state index in [2.05, 4.69) is 50.4 Å². The number of thioether (sulfide) groups is 1. The first kappa shape index (κ1) is 24.0. The molecule has 2 aliphatic rings. The highest BCUT2D eigenvalue weighted by Gasteiger charge is 2.41. The van der Waals surface area contributed by atoms with Crippen LogP contribution in [0.4, 0.5) is 4.79 Å². The first-order valence-electron chi connectivity index (χ1n) is 11.1. The molecule has 2 heterocycles. The van der Waals surface area contributed by atoms with Gasteiger partial charge in [0.2, 0.25) is 0 Å². The summed E-state index contributed by atoms with van der Waals surface area (Å²) < 4.78 is 15.6. The lowest BCUT2D eigenvalue weighted by molar-refractivity contribution is -0.136. The van der Waals surface area contributed by atoms with Gasteiger partial charge in [0, 0.05) is 10.6 Å². The number of hydrogen-bond donors (Lipinski definition) is 1. The Kier molecular flexibility index (Phi) is 6.75. The third-order valence-electron chi connectivity index (χ3n) is 5.96. The van der Waals surface area contributed by atoms with Gasteiger partial charge in [-0.3, -0.25) is 0 Å². The summed E-state index contributed by atoms with van der Waals surface area (Å²) in [6.45, 7) is 8.58. The molecule has 1 N–H and O–H groups in total. The van der Waals surface area contributed by atoms with Crippen molar-refractivity contribution >= 4 is 23.9 Å². The molecule has 0 aliphatic carbocycles. The average Bonchev–Trinajstić information content (AvgIpc) is 3.18. The van der Waals surface area contributed by atoms with E-state index in [4.69, 9.17) is 14.2 Å². The van der Waals surface area contributed by atoms with Crippen LogP contribution in [0.2, 0.25) is 0 Å². The second-order valence-corrected chi connectivity index (χ2v) is 10.4. The molecule has 0 radical (unpaired) electrons. The SMILES string of the molecule is COC(=O)OC1=C(C)NC2=C(C(=O)OC2)C1c1ccccc1SCc1ccc(C(C)(C)C)cc1. The summed E-state index contributed by atoms with van der Waals surface area (Å²) in [5, 5.41) is 3.16. The van der Waals surface area contributed by atoms with Crippen molar-refractivity contribution in [2.45, 2.75) is 49.7 Å². The van der Waals surface area contributed by atoms with Crippen LogP contribution in [0.25, 0.3) is 0 Å². The summed E-state index contributed by atoms with van der Waals surface area (Å²) >= 11 is 1.68. The van der Waals surface area contributed by atoms with Gasteiger partial charge in [0.1, 0.15) is 12.4 Å². The number of hydrogen-bond acceptors (Lipinski definition) is 7. The molecule has 0 amide bonds. The molecule has 0 spiro atoms. The average molecular weight is 480 g/mol. The Morgan fingerprint density at radius 1 is 1.15 bits per heavy atom. The number of benzene rings is 2. The number of esters is 1. The Labute approximate surface area is 204 Å². The van der Waals surface area contributed by atoms with Crippen LogP contribution in [0.15, 0.2) is 76.2 Å². The van der Waals surface area contributed by atoms with E-state index < -0.39 is 18.0 Å². The third-order valence-corrected chi connectivity index (χ3v) is 7.12. The fourth-order valence-corrected chi connectivity index (χ4v) is 5.17. The lowest BCUT2D eigenvalue weighted by Gasteiger charge is -2.28. The van der Waals surface area contributed by atoms with Crippen molar-refractivity contribution in [3.05, 3.63) is 87.9 Å². The predicted molar refractivity (Wildman–Crippen MR) is 131 cm³/mol. The Morgan fingerprint density at radius 3 is 2.53 bits per heavy atom. The number of methoxy groups -OCH3 is 1. The Morgan fingerprint density at radius 2 is 1.85 bits per heavy atom. The molecule has 1 atom stereocenters. The summed E-state index contributed by atoms with van der Waals surface area (Å²) in [6, 6.07) is 16.5. The summed E-state index contributed by atoms with van der Waals surface area (Å²) in [4.78, 5) is 25.7. The van der Waals surface area contributed by atoms with Gasteiger partial charge in [0.05, 0.1) is 30.0 Å². The molecule has 0 bridgehead atoms. The van der Waals surface area contributed by atoms with E-state index in [1.54, 1.807) is 11.8 Å². The quantitative estimate of drug-likeness (QED) is 0.430. The maximum Gasteiger partial charge on any atom is 0.513 e. The highest BCUT2D eigenvalue weighted by atomic mass is 32.2. The molecule has 0 fully saturated rings. The van der Waals surface area contributed by atoms with Gasteiger partial charge >= 0.3 is 12.1 Å². The van der Waals surface area contributed by atoms with Crippen LogP contribution in [0.1, 0.15) is 50.3 Å². The molecule has 1 unspecified atom stereocenters. The zero-order valence-electron chi connectivity index (χ0n) is 20.1. The van der Waals surface area contributed by atoms with E-state index in [0.717, 1.165) is 16.2 Å². The van der Waals surface area contributed by atoms with Crippen LogP contribution in [-0.2, 0) is 30.2 Å². The first-order chi connectivity index (χ1) is 16.2. The summed E-state index contributed by atoms with van der Waals surface area (Å²) in [5.41, 5.74) is 5.29. The zero-order valence-corrected chi connectivity index (χ0v) is 20.9. The normalized spacial score (nSPS) is 17.8. The monoisotopic (exact) mass is 479 g/mol. The Balaban J connectivity index is 1.67. The van der Waals surface area contributed by atoms with Crippen LogP contribution < -0.4 is 5.32 Å². The van der Waals surface area contributed by atoms with Crippen molar-refractivity contribution in [2.75, 3.05) is 13.7 Å². The molecule has 34 heavy (non-hydrogen) atoms. The van der Waals surface area contributed by atoms with Crippen LogP contribution in [0.5, 0.6) is 0 Å². The van der Waals surface area contributed by atoms with Crippen LogP contribution in [0.3, 0.4) is 0 Å². The second kappa shape index (κ2) is 9.58. The number of dihydropyridines is 1. The number of nitrogens with one attached hydrogen (secondary N) is 1. The summed E-state index contributed by atoms with van der Waals surface area (Å²) in [5.74, 6) is 0.117. The van der Waals surface area contributed by atoms with E-state index in [-0.39, 0.29) is 12.0 Å². The van der Waals surface area contributed by atoms with Gasteiger partial charge in [-0.15, -0.1) is 11.8 Å². The Hall–Kier alpha value is -3.19. The minimum Gasteiger partial charge on any atom is -0.456 e. The molecule has 0 aromatic heterocycles. The van der Waals surface area contributed by atoms with Crippen molar-refractivity contribution in [2.24, 2.45) is 0 Å². The smallest absolute Gasteiger partial charge is 0.456 e. The first-order valence-corrected chi connectivity index (χ1v) is 12.1. The molecular formula is C27H29NO5S. The zero-order chi connectivity index (χ0) is 24.5. The molecule has 7 heteroatoms. The lowest BCUT2D eigenvalue weighted by Crippen LogP contribution is -2.28. The molecule has 0 saturated carbocycles. The lowest BCUT2D eigenvalue weighted by atomic mass is 9.85. The fraction of sp³-hybridized carbons (Fsp3) is 0.333. The molecule has 2 aliphatic heterocycles. The van der Waals surface area contributed by atoms with E-state index in [1.165, 1.54) is 18.2 Å². The molecule has 4 rings (SSSR count). The van der Waals surface area contributed by atoms with Gasteiger partial charge in [-0.1, -0.05) is 63.2 Å². The van der Waals surface area contributed by atoms with Gasteiger partial charge < -0.3 is 19.5 Å². The van der Waals surface area contributed by atoms with E-state index in [1.807, 2.05) is 31.2 Å². The van der Waals surface area contributed by atoms with Crippen LogP contribution >= 0.6 is 11.8 Å². The number of cyclic esters (lactones) is 1.